The van der Waals surface area contributed by atoms with E-state index >= 15 is 0 Å². The van der Waals surface area contributed by atoms with Crippen molar-refractivity contribution in [3.05, 3.63) is 23.3 Å². The second-order valence-electron chi connectivity index (χ2n) is 4.22. The highest BCUT2D eigenvalue weighted by Crippen LogP contribution is 2.05. The molecule has 8 heteroatoms. The lowest BCUT2D eigenvalue weighted by Crippen LogP contribution is -2.38. The standard InChI is InChI=1S/C11H13N5O3/c1-5-4-6(2)16-11(12-5)14-8(15-16)9(17)13-7(3)10(18)19/h4,7H,1-3H3,(H,13,17)(H,18,19)/t7-/m1/s1. The summed E-state index contributed by atoms with van der Waals surface area (Å²) in [4.78, 5) is 30.6. The van der Waals surface area contributed by atoms with Crippen LogP contribution in [0.15, 0.2) is 6.07 Å². The Kier molecular flexibility index (Phi) is 3.16. The van der Waals surface area contributed by atoms with Gasteiger partial charge in [0, 0.05) is 11.4 Å². The molecule has 0 bridgehead atoms. The number of nitrogens with zero attached hydrogens (tertiary/aromatic N) is 4. The number of aromatic nitrogens is 4. The summed E-state index contributed by atoms with van der Waals surface area (Å²) < 4.78 is 1.44. The molecule has 100 valence electrons. The molecular formula is C11H13N5O3. The van der Waals surface area contributed by atoms with E-state index in [1.165, 1.54) is 11.4 Å². The molecular weight excluding hydrogens is 250 g/mol. The van der Waals surface area contributed by atoms with E-state index in [4.69, 9.17) is 5.11 Å². The number of carbonyl (C=O) groups is 2. The molecule has 2 heterocycles. The molecule has 2 rings (SSSR count). The number of nitrogens with one attached hydrogen (secondary N) is 1. The molecule has 0 aliphatic carbocycles. The van der Waals surface area contributed by atoms with E-state index in [0.717, 1.165) is 11.4 Å². The highest BCUT2D eigenvalue weighted by molar-refractivity contribution is 5.93. The molecule has 0 aliphatic rings. The Morgan fingerprint density at radius 2 is 2.05 bits per heavy atom. The van der Waals surface area contributed by atoms with Crippen molar-refractivity contribution in [3.8, 4) is 0 Å². The van der Waals surface area contributed by atoms with Crippen LogP contribution in [0.2, 0.25) is 0 Å². The maximum Gasteiger partial charge on any atom is 0.325 e. The first kappa shape index (κ1) is 12.9. The van der Waals surface area contributed by atoms with Crippen molar-refractivity contribution in [2.75, 3.05) is 0 Å². The quantitative estimate of drug-likeness (QED) is 0.803. The van der Waals surface area contributed by atoms with Crippen molar-refractivity contribution in [2.45, 2.75) is 26.8 Å². The SMILES string of the molecule is Cc1cc(C)n2nc(C(=O)N[C@H](C)C(=O)O)nc2n1. The molecule has 0 radical (unpaired) electrons. The van der Waals surface area contributed by atoms with E-state index in [9.17, 15) is 9.59 Å². The van der Waals surface area contributed by atoms with Crippen LogP contribution in [0.1, 0.15) is 28.9 Å². The number of fused-ring (bicyclic) bond motifs is 1. The van der Waals surface area contributed by atoms with E-state index in [1.54, 1.807) is 0 Å². The first-order valence-electron chi connectivity index (χ1n) is 5.63. The fourth-order valence-corrected chi connectivity index (χ4v) is 1.59. The van der Waals surface area contributed by atoms with Gasteiger partial charge in [-0.05, 0) is 26.8 Å². The van der Waals surface area contributed by atoms with Crippen molar-refractivity contribution >= 4 is 17.7 Å². The lowest BCUT2D eigenvalue weighted by Gasteiger charge is -2.05. The largest absolute Gasteiger partial charge is 0.480 e. The number of aryl methyl sites for hydroxylation is 2. The number of hydrogen-bond donors (Lipinski definition) is 2. The minimum atomic E-state index is -1.12. The van der Waals surface area contributed by atoms with E-state index < -0.39 is 17.9 Å². The fraction of sp³-hybridized carbons (Fsp3) is 0.364. The first-order valence-corrected chi connectivity index (χ1v) is 5.63. The van der Waals surface area contributed by atoms with Gasteiger partial charge in [-0.1, -0.05) is 0 Å². The molecule has 1 atom stereocenters. The summed E-state index contributed by atoms with van der Waals surface area (Å²) in [5, 5.41) is 15.0. The van der Waals surface area contributed by atoms with Crippen LogP contribution in [-0.2, 0) is 4.79 Å². The molecule has 2 aromatic heterocycles. The third kappa shape index (κ3) is 2.51. The number of rotatable bonds is 3. The van der Waals surface area contributed by atoms with Gasteiger partial charge in [0.15, 0.2) is 0 Å². The van der Waals surface area contributed by atoms with E-state index in [2.05, 4.69) is 20.4 Å². The van der Waals surface area contributed by atoms with Gasteiger partial charge in [-0.3, -0.25) is 9.59 Å². The Labute approximate surface area is 108 Å². The maximum atomic E-state index is 11.8. The van der Waals surface area contributed by atoms with Gasteiger partial charge in [-0.15, -0.1) is 5.10 Å². The van der Waals surface area contributed by atoms with Crippen LogP contribution >= 0.6 is 0 Å². The average Bonchev–Trinajstić information content (AvgIpc) is 2.72. The van der Waals surface area contributed by atoms with Gasteiger partial charge in [-0.25, -0.2) is 9.50 Å². The van der Waals surface area contributed by atoms with Gasteiger partial charge in [0.2, 0.25) is 5.82 Å². The molecule has 2 aromatic rings. The van der Waals surface area contributed by atoms with Crippen LogP contribution < -0.4 is 5.32 Å². The van der Waals surface area contributed by atoms with Crippen LogP contribution in [0.4, 0.5) is 0 Å². The molecule has 1 amide bonds. The van der Waals surface area contributed by atoms with Gasteiger partial charge >= 0.3 is 5.97 Å². The second kappa shape index (κ2) is 4.63. The summed E-state index contributed by atoms with van der Waals surface area (Å²) in [6.45, 7) is 5.00. The van der Waals surface area contributed by atoms with Crippen LogP contribution in [0.25, 0.3) is 5.78 Å². The van der Waals surface area contributed by atoms with Crippen LogP contribution in [-0.4, -0.2) is 42.6 Å². The number of hydrogen-bond acceptors (Lipinski definition) is 5. The predicted octanol–water partition coefficient (Wildman–Crippen LogP) is -0.0560. The Balaban J connectivity index is 2.33. The normalized spacial score (nSPS) is 12.4. The average molecular weight is 263 g/mol. The summed E-state index contributed by atoms with van der Waals surface area (Å²) in [6, 6.07) is 0.804. The van der Waals surface area contributed by atoms with Gasteiger partial charge in [-0.2, -0.15) is 4.98 Å². The molecule has 2 N–H and O–H groups in total. The third-order valence-corrected chi connectivity index (χ3v) is 2.54. The van der Waals surface area contributed by atoms with Crippen molar-refractivity contribution in [1.82, 2.24) is 24.9 Å². The van der Waals surface area contributed by atoms with Crippen molar-refractivity contribution < 1.29 is 14.7 Å². The smallest absolute Gasteiger partial charge is 0.325 e. The summed E-state index contributed by atoms with van der Waals surface area (Å²) in [7, 11) is 0. The lowest BCUT2D eigenvalue weighted by molar-refractivity contribution is -0.138. The summed E-state index contributed by atoms with van der Waals surface area (Å²) in [6.07, 6.45) is 0. The van der Waals surface area contributed by atoms with Crippen molar-refractivity contribution in [1.29, 1.82) is 0 Å². The van der Waals surface area contributed by atoms with Crippen LogP contribution in [0.3, 0.4) is 0 Å². The zero-order valence-corrected chi connectivity index (χ0v) is 10.7. The third-order valence-electron chi connectivity index (χ3n) is 2.54. The van der Waals surface area contributed by atoms with Gasteiger partial charge in [0.25, 0.3) is 11.7 Å². The Morgan fingerprint density at radius 1 is 1.37 bits per heavy atom. The number of carboxylic acid groups (broad SMARTS) is 1. The summed E-state index contributed by atoms with van der Waals surface area (Å²) >= 11 is 0. The monoisotopic (exact) mass is 263 g/mol. The molecule has 19 heavy (non-hydrogen) atoms. The lowest BCUT2D eigenvalue weighted by atomic mass is 10.3. The minimum Gasteiger partial charge on any atom is -0.480 e. The molecule has 0 aromatic carbocycles. The second-order valence-corrected chi connectivity index (χ2v) is 4.22. The van der Waals surface area contributed by atoms with Crippen molar-refractivity contribution in [2.24, 2.45) is 0 Å². The molecule has 0 saturated carbocycles. The van der Waals surface area contributed by atoms with Gasteiger partial charge in [0.1, 0.15) is 6.04 Å². The summed E-state index contributed by atoms with van der Waals surface area (Å²) in [5.74, 6) is -1.56. The first-order chi connectivity index (χ1) is 8.88. The topological polar surface area (TPSA) is 109 Å². The highest BCUT2D eigenvalue weighted by atomic mass is 16.4. The molecule has 0 unspecified atom stereocenters. The van der Waals surface area contributed by atoms with E-state index in [-0.39, 0.29) is 5.82 Å². The van der Waals surface area contributed by atoms with E-state index in [0.29, 0.717) is 5.78 Å². The number of carboxylic acids is 1. The number of aliphatic carboxylic acids is 1. The van der Waals surface area contributed by atoms with Crippen LogP contribution in [0, 0.1) is 13.8 Å². The Hall–Kier alpha value is -2.51. The minimum absolute atomic E-state index is 0.103. The molecule has 0 aliphatic heterocycles. The van der Waals surface area contributed by atoms with Gasteiger partial charge < -0.3 is 10.4 Å². The fourth-order valence-electron chi connectivity index (χ4n) is 1.59. The predicted molar refractivity (Wildman–Crippen MR) is 64.8 cm³/mol. The highest BCUT2D eigenvalue weighted by Gasteiger charge is 2.19. The zero-order chi connectivity index (χ0) is 14.2. The van der Waals surface area contributed by atoms with Crippen LogP contribution in [0.5, 0.6) is 0 Å². The zero-order valence-electron chi connectivity index (χ0n) is 10.7. The Bertz CT molecular complexity index is 664. The number of amides is 1. The van der Waals surface area contributed by atoms with Crippen molar-refractivity contribution in [3.63, 3.8) is 0 Å². The van der Waals surface area contributed by atoms with Gasteiger partial charge in [0.05, 0.1) is 0 Å². The summed E-state index contributed by atoms with van der Waals surface area (Å²) in [5.41, 5.74) is 1.56. The molecule has 8 nitrogen and oxygen atoms in total. The maximum absolute atomic E-state index is 11.8. The number of carbonyl (C=O) groups excluding carboxylic acids is 1. The molecule has 0 fully saturated rings. The molecule has 0 saturated heterocycles. The Morgan fingerprint density at radius 3 is 2.68 bits per heavy atom. The van der Waals surface area contributed by atoms with E-state index in [1.807, 2.05) is 19.9 Å². The molecule has 0 spiro atoms.